The monoisotopic (exact) mass is 565 g/mol. The Labute approximate surface area is 197 Å². The second-order valence-corrected chi connectivity index (χ2v) is 17.1. The van der Waals surface area contributed by atoms with Gasteiger partial charge in [0, 0.05) is 29.0 Å². The standard InChI is InChI=1S/C20H28INO4S2Si/c1-5-24-19(27)28-15(13-29(2,3)4)8-9-22-17-7-6-14(21)12-16(17)20(18(22)23)25-10-11-26-20/h6-7,12,15H,5,8-11,13H2,1-4H3. The predicted octanol–water partition coefficient (Wildman–Crippen LogP) is 4.99. The second kappa shape index (κ2) is 9.52. The Morgan fingerprint density at radius 2 is 2.07 bits per heavy atom. The van der Waals surface area contributed by atoms with Crippen molar-refractivity contribution in [2.45, 2.75) is 50.1 Å². The summed E-state index contributed by atoms with van der Waals surface area (Å²) in [5, 5.41) is 0.322. The molecule has 1 spiro atoms. The quantitative estimate of drug-likeness (QED) is 0.264. The number of hydrogen-bond donors (Lipinski definition) is 0. The fourth-order valence-corrected chi connectivity index (χ4v) is 8.87. The zero-order valence-corrected chi connectivity index (χ0v) is 22.1. The zero-order chi connectivity index (χ0) is 21.2. The molecular weight excluding hydrogens is 537 g/mol. The number of rotatable bonds is 7. The first-order valence-corrected chi connectivity index (χ1v) is 16.0. The summed E-state index contributed by atoms with van der Waals surface area (Å²) in [6.45, 7) is 11.1. The normalized spacial score (nSPS) is 18.9. The van der Waals surface area contributed by atoms with E-state index in [4.69, 9.17) is 26.4 Å². The smallest absolute Gasteiger partial charge is 0.292 e. The Kier molecular flexibility index (Phi) is 7.70. The minimum absolute atomic E-state index is 0.115. The van der Waals surface area contributed by atoms with Crippen LogP contribution in [0.1, 0.15) is 18.9 Å². The summed E-state index contributed by atoms with van der Waals surface area (Å²) in [6.07, 6.45) is 0.843. The Bertz CT molecular complexity index is 780. The van der Waals surface area contributed by atoms with Crippen molar-refractivity contribution in [1.82, 2.24) is 0 Å². The molecule has 0 N–H and O–H groups in total. The number of thioether (sulfide) groups is 1. The van der Waals surface area contributed by atoms with Gasteiger partial charge in [-0.3, -0.25) is 4.79 Å². The van der Waals surface area contributed by atoms with Gasteiger partial charge in [-0.2, -0.15) is 0 Å². The highest BCUT2D eigenvalue weighted by Gasteiger charge is 2.56. The molecule has 5 nitrogen and oxygen atoms in total. The lowest BCUT2D eigenvalue weighted by atomic mass is 10.1. The topological polar surface area (TPSA) is 48.0 Å². The van der Waals surface area contributed by atoms with Crippen LogP contribution in [0, 0.1) is 3.57 Å². The van der Waals surface area contributed by atoms with E-state index in [0.29, 0.717) is 36.0 Å². The number of nitrogens with zero attached hydrogens (tertiary/aromatic N) is 1. The van der Waals surface area contributed by atoms with Crippen LogP contribution in [-0.2, 0) is 24.8 Å². The van der Waals surface area contributed by atoms with Crippen molar-refractivity contribution < 1.29 is 19.0 Å². The van der Waals surface area contributed by atoms with Crippen LogP contribution >= 0.6 is 46.6 Å². The van der Waals surface area contributed by atoms with Crippen molar-refractivity contribution in [1.29, 1.82) is 0 Å². The van der Waals surface area contributed by atoms with Crippen molar-refractivity contribution in [3.8, 4) is 0 Å². The second-order valence-electron chi connectivity index (χ2n) is 8.41. The largest absolute Gasteiger partial charge is 0.479 e. The molecule has 2 heterocycles. The molecule has 1 aromatic carbocycles. The van der Waals surface area contributed by atoms with Crippen LogP contribution in [0.3, 0.4) is 0 Å². The number of ether oxygens (including phenoxy) is 3. The molecule has 1 aromatic rings. The van der Waals surface area contributed by atoms with Gasteiger partial charge in [0.25, 0.3) is 11.7 Å². The molecule has 0 aromatic heterocycles. The fourth-order valence-electron chi connectivity index (χ4n) is 3.77. The molecule has 9 heteroatoms. The molecular formula is C20H28INO4S2Si. The first-order chi connectivity index (χ1) is 13.7. The van der Waals surface area contributed by atoms with Gasteiger partial charge in [-0.05, 0) is 72.4 Å². The molecule has 1 unspecified atom stereocenters. The van der Waals surface area contributed by atoms with E-state index in [1.54, 1.807) is 11.8 Å². The third-order valence-electron chi connectivity index (χ3n) is 4.86. The lowest BCUT2D eigenvalue weighted by Gasteiger charge is -2.27. The van der Waals surface area contributed by atoms with Crippen LogP contribution in [0.4, 0.5) is 5.69 Å². The number of hydrogen-bond acceptors (Lipinski definition) is 6. The van der Waals surface area contributed by atoms with Crippen LogP contribution in [0.5, 0.6) is 0 Å². The highest BCUT2D eigenvalue weighted by atomic mass is 127. The van der Waals surface area contributed by atoms with E-state index in [1.807, 2.05) is 30.0 Å². The van der Waals surface area contributed by atoms with Gasteiger partial charge in [-0.1, -0.05) is 31.4 Å². The molecule has 1 amide bonds. The van der Waals surface area contributed by atoms with Crippen molar-refractivity contribution in [3.63, 3.8) is 0 Å². The van der Waals surface area contributed by atoms with Gasteiger partial charge in [0.05, 0.1) is 25.5 Å². The van der Waals surface area contributed by atoms with E-state index in [0.717, 1.165) is 27.3 Å². The maximum absolute atomic E-state index is 13.3. The van der Waals surface area contributed by atoms with Crippen molar-refractivity contribution >= 4 is 70.6 Å². The Morgan fingerprint density at radius 1 is 1.38 bits per heavy atom. The number of carbonyl (C=O) groups is 1. The Hall–Kier alpha value is -0.203. The number of thiocarbonyl (C=S) groups is 1. The summed E-state index contributed by atoms with van der Waals surface area (Å²) in [7, 11) is -1.30. The molecule has 0 bridgehead atoms. The summed E-state index contributed by atoms with van der Waals surface area (Å²) in [5.74, 6) is -1.38. The summed E-state index contributed by atoms with van der Waals surface area (Å²) < 4.78 is 18.9. The van der Waals surface area contributed by atoms with E-state index in [1.165, 1.54) is 0 Å². The number of carbonyl (C=O) groups excluding carboxylic acids is 1. The van der Waals surface area contributed by atoms with Gasteiger partial charge in [-0.15, -0.1) is 0 Å². The number of benzene rings is 1. The molecule has 2 aliphatic heterocycles. The first kappa shape index (κ1) is 23.5. The predicted molar refractivity (Wildman–Crippen MR) is 133 cm³/mol. The summed E-state index contributed by atoms with van der Waals surface area (Å²) >= 11 is 9.27. The third-order valence-corrected chi connectivity index (χ3v) is 9.00. The third kappa shape index (κ3) is 5.35. The van der Waals surface area contributed by atoms with Gasteiger partial charge < -0.3 is 19.1 Å². The van der Waals surface area contributed by atoms with E-state index in [-0.39, 0.29) is 5.91 Å². The molecule has 0 aliphatic carbocycles. The number of halogens is 1. The Balaban J connectivity index is 1.79. The van der Waals surface area contributed by atoms with Crippen molar-refractivity contribution in [3.05, 3.63) is 27.3 Å². The molecule has 1 atom stereocenters. The van der Waals surface area contributed by atoms with Gasteiger partial charge >= 0.3 is 0 Å². The molecule has 2 aliphatic rings. The van der Waals surface area contributed by atoms with Crippen molar-refractivity contribution in [2.75, 3.05) is 31.3 Å². The SMILES string of the molecule is CCOC(=S)SC(CCN1C(=O)C2(OCCO2)c2cc(I)ccc21)C[Si](C)(C)C. The van der Waals surface area contributed by atoms with Crippen LogP contribution in [0.25, 0.3) is 0 Å². The van der Waals surface area contributed by atoms with Crippen LogP contribution in [0.2, 0.25) is 25.7 Å². The lowest BCUT2D eigenvalue weighted by Crippen LogP contribution is -2.42. The summed E-state index contributed by atoms with van der Waals surface area (Å²) in [5.41, 5.74) is 1.72. The van der Waals surface area contributed by atoms with Gasteiger partial charge in [0.1, 0.15) is 0 Å². The first-order valence-electron chi connectivity index (χ1n) is 9.89. The maximum Gasteiger partial charge on any atom is 0.292 e. The zero-order valence-electron chi connectivity index (χ0n) is 17.3. The van der Waals surface area contributed by atoms with Gasteiger partial charge in [0.15, 0.2) is 0 Å². The molecule has 1 saturated heterocycles. The number of fused-ring (bicyclic) bond motifs is 2. The van der Waals surface area contributed by atoms with Gasteiger partial charge in [0.2, 0.25) is 4.38 Å². The van der Waals surface area contributed by atoms with E-state index < -0.39 is 13.9 Å². The summed E-state index contributed by atoms with van der Waals surface area (Å²) in [4.78, 5) is 15.2. The van der Waals surface area contributed by atoms with Gasteiger partial charge in [-0.25, -0.2) is 0 Å². The van der Waals surface area contributed by atoms with Crippen LogP contribution in [0.15, 0.2) is 18.2 Å². The molecule has 29 heavy (non-hydrogen) atoms. The maximum atomic E-state index is 13.3. The average molecular weight is 566 g/mol. The highest BCUT2D eigenvalue weighted by Crippen LogP contribution is 2.46. The molecule has 3 rings (SSSR count). The molecule has 0 saturated carbocycles. The minimum atomic E-state index is -1.30. The van der Waals surface area contributed by atoms with Crippen LogP contribution in [-0.4, -0.2) is 50.0 Å². The molecule has 1 fully saturated rings. The minimum Gasteiger partial charge on any atom is -0.479 e. The highest BCUT2D eigenvalue weighted by molar-refractivity contribution is 14.1. The lowest BCUT2D eigenvalue weighted by molar-refractivity contribution is -0.180. The van der Waals surface area contributed by atoms with E-state index in [2.05, 4.69) is 42.2 Å². The molecule has 160 valence electrons. The average Bonchev–Trinajstić information content (AvgIpc) is 3.19. The van der Waals surface area contributed by atoms with E-state index >= 15 is 0 Å². The van der Waals surface area contributed by atoms with Crippen LogP contribution < -0.4 is 4.90 Å². The number of anilines is 1. The Morgan fingerprint density at radius 3 is 2.69 bits per heavy atom. The van der Waals surface area contributed by atoms with Crippen molar-refractivity contribution in [2.24, 2.45) is 0 Å². The summed E-state index contributed by atoms with van der Waals surface area (Å²) in [6, 6.07) is 7.13. The number of amides is 1. The fraction of sp³-hybridized carbons (Fsp3) is 0.600. The van der Waals surface area contributed by atoms with E-state index in [9.17, 15) is 4.79 Å². The molecule has 0 radical (unpaired) electrons.